The lowest BCUT2D eigenvalue weighted by atomic mass is 9.92. The van der Waals surface area contributed by atoms with Gasteiger partial charge in [0.15, 0.2) is 5.65 Å². The molecule has 0 aromatic carbocycles. The van der Waals surface area contributed by atoms with Gasteiger partial charge in [-0.25, -0.2) is 14.6 Å². The van der Waals surface area contributed by atoms with Gasteiger partial charge in [0, 0.05) is 19.5 Å². The van der Waals surface area contributed by atoms with Crippen molar-refractivity contribution in [2.24, 2.45) is 5.41 Å². The SMILES string of the molecule is CCCNc1ncnc2c1cnn2CCNC(=O)CC(C)(C)C. The van der Waals surface area contributed by atoms with Crippen molar-refractivity contribution in [1.82, 2.24) is 25.1 Å². The van der Waals surface area contributed by atoms with Gasteiger partial charge in [-0.15, -0.1) is 0 Å². The highest BCUT2D eigenvalue weighted by molar-refractivity contribution is 5.86. The van der Waals surface area contributed by atoms with Gasteiger partial charge < -0.3 is 10.6 Å². The van der Waals surface area contributed by atoms with Crippen LogP contribution in [0.4, 0.5) is 5.82 Å². The number of anilines is 1. The zero-order valence-electron chi connectivity index (χ0n) is 14.4. The molecule has 0 fully saturated rings. The summed E-state index contributed by atoms with van der Waals surface area (Å²) < 4.78 is 1.80. The Hall–Kier alpha value is -2.18. The van der Waals surface area contributed by atoms with E-state index in [9.17, 15) is 4.79 Å². The van der Waals surface area contributed by atoms with Crippen molar-refractivity contribution in [1.29, 1.82) is 0 Å². The summed E-state index contributed by atoms with van der Waals surface area (Å²) in [5.74, 6) is 0.869. The molecule has 2 aromatic rings. The highest BCUT2D eigenvalue weighted by Gasteiger charge is 2.15. The van der Waals surface area contributed by atoms with Gasteiger partial charge in [-0.05, 0) is 11.8 Å². The molecule has 0 aliphatic heterocycles. The molecule has 23 heavy (non-hydrogen) atoms. The van der Waals surface area contributed by atoms with Crippen LogP contribution >= 0.6 is 0 Å². The van der Waals surface area contributed by atoms with E-state index >= 15 is 0 Å². The van der Waals surface area contributed by atoms with Crippen molar-refractivity contribution in [3.05, 3.63) is 12.5 Å². The van der Waals surface area contributed by atoms with Gasteiger partial charge in [-0.2, -0.15) is 5.10 Å². The van der Waals surface area contributed by atoms with Crippen LogP contribution in [0.1, 0.15) is 40.5 Å². The molecule has 0 unspecified atom stereocenters. The third kappa shape index (κ3) is 4.91. The first-order valence-corrected chi connectivity index (χ1v) is 8.08. The fourth-order valence-corrected chi connectivity index (χ4v) is 2.29. The maximum atomic E-state index is 11.8. The van der Waals surface area contributed by atoms with E-state index < -0.39 is 0 Å². The van der Waals surface area contributed by atoms with Gasteiger partial charge in [0.25, 0.3) is 0 Å². The van der Waals surface area contributed by atoms with Crippen LogP contribution in [0.15, 0.2) is 12.5 Å². The van der Waals surface area contributed by atoms with Crippen LogP contribution in [0.3, 0.4) is 0 Å². The van der Waals surface area contributed by atoms with Crippen LogP contribution in [-0.4, -0.2) is 38.7 Å². The molecule has 0 saturated heterocycles. The minimum atomic E-state index is -0.00441. The summed E-state index contributed by atoms with van der Waals surface area (Å²) >= 11 is 0. The van der Waals surface area contributed by atoms with E-state index in [0.717, 1.165) is 29.8 Å². The van der Waals surface area contributed by atoms with Crippen LogP contribution in [0.2, 0.25) is 0 Å². The zero-order chi connectivity index (χ0) is 16.9. The predicted octanol–water partition coefficient (Wildman–Crippen LogP) is 2.20. The predicted molar refractivity (Wildman–Crippen MR) is 91.2 cm³/mol. The normalized spacial score (nSPS) is 11.7. The van der Waals surface area contributed by atoms with E-state index in [1.54, 1.807) is 10.9 Å². The van der Waals surface area contributed by atoms with Crippen molar-refractivity contribution >= 4 is 22.8 Å². The molecule has 0 saturated carbocycles. The molecule has 126 valence electrons. The summed E-state index contributed by atoms with van der Waals surface area (Å²) in [5, 5.41) is 11.5. The highest BCUT2D eigenvalue weighted by atomic mass is 16.1. The quantitative estimate of drug-likeness (QED) is 0.817. The van der Waals surface area contributed by atoms with Crippen LogP contribution in [0.25, 0.3) is 11.0 Å². The smallest absolute Gasteiger partial charge is 0.220 e. The number of hydrogen-bond acceptors (Lipinski definition) is 5. The Labute approximate surface area is 136 Å². The van der Waals surface area contributed by atoms with Gasteiger partial charge in [-0.1, -0.05) is 27.7 Å². The maximum Gasteiger partial charge on any atom is 0.220 e. The molecule has 0 aliphatic carbocycles. The number of rotatable bonds is 7. The summed E-state index contributed by atoms with van der Waals surface area (Å²) in [6.07, 6.45) is 4.85. The summed E-state index contributed by atoms with van der Waals surface area (Å²) in [4.78, 5) is 20.4. The van der Waals surface area contributed by atoms with Crippen molar-refractivity contribution in [2.45, 2.75) is 47.1 Å². The molecular weight excluding hydrogens is 292 g/mol. The summed E-state index contributed by atoms with van der Waals surface area (Å²) in [6, 6.07) is 0. The monoisotopic (exact) mass is 318 g/mol. The van der Waals surface area contributed by atoms with E-state index in [2.05, 4.69) is 53.4 Å². The molecular formula is C16H26N6O. The average molecular weight is 318 g/mol. The largest absolute Gasteiger partial charge is 0.369 e. The first kappa shape index (κ1) is 17.2. The van der Waals surface area contributed by atoms with E-state index in [4.69, 9.17) is 0 Å². The molecule has 0 aliphatic rings. The van der Waals surface area contributed by atoms with Gasteiger partial charge in [-0.3, -0.25) is 4.79 Å². The molecule has 0 spiro atoms. The summed E-state index contributed by atoms with van der Waals surface area (Å²) in [7, 11) is 0. The fraction of sp³-hybridized carbons (Fsp3) is 0.625. The Kier molecular flexibility index (Phi) is 5.52. The van der Waals surface area contributed by atoms with E-state index in [1.807, 2.05) is 0 Å². The molecule has 2 heterocycles. The van der Waals surface area contributed by atoms with Gasteiger partial charge in [0.2, 0.25) is 5.91 Å². The highest BCUT2D eigenvalue weighted by Crippen LogP contribution is 2.19. The van der Waals surface area contributed by atoms with Crippen LogP contribution < -0.4 is 10.6 Å². The summed E-state index contributed by atoms with van der Waals surface area (Å²) in [5.41, 5.74) is 0.777. The fourth-order valence-electron chi connectivity index (χ4n) is 2.29. The third-order valence-corrected chi connectivity index (χ3v) is 3.31. The number of carbonyl (C=O) groups excluding carboxylic acids is 1. The van der Waals surface area contributed by atoms with Gasteiger partial charge in [0.05, 0.1) is 18.1 Å². The number of amides is 1. The number of nitrogens with one attached hydrogen (secondary N) is 2. The molecule has 1 amide bonds. The lowest BCUT2D eigenvalue weighted by molar-refractivity contribution is -0.122. The van der Waals surface area contributed by atoms with Crippen molar-refractivity contribution in [3.8, 4) is 0 Å². The Morgan fingerprint density at radius 1 is 1.26 bits per heavy atom. The molecule has 2 aromatic heterocycles. The minimum absolute atomic E-state index is 0.00441. The molecule has 2 rings (SSSR count). The Bertz CT molecular complexity index is 658. The first-order chi connectivity index (χ1) is 10.9. The van der Waals surface area contributed by atoms with Crippen molar-refractivity contribution in [2.75, 3.05) is 18.4 Å². The second-order valence-corrected chi connectivity index (χ2v) is 6.84. The summed E-state index contributed by atoms with van der Waals surface area (Å²) in [6.45, 7) is 10.2. The molecule has 2 N–H and O–H groups in total. The van der Waals surface area contributed by atoms with Crippen molar-refractivity contribution in [3.63, 3.8) is 0 Å². The Morgan fingerprint density at radius 2 is 2.04 bits per heavy atom. The molecule has 7 heteroatoms. The second kappa shape index (κ2) is 7.39. The number of fused-ring (bicyclic) bond motifs is 1. The Morgan fingerprint density at radius 3 is 2.74 bits per heavy atom. The van der Waals surface area contributed by atoms with E-state index in [1.165, 1.54) is 6.33 Å². The second-order valence-electron chi connectivity index (χ2n) is 6.84. The molecule has 0 atom stereocenters. The van der Waals surface area contributed by atoms with Crippen LogP contribution in [0, 0.1) is 5.41 Å². The first-order valence-electron chi connectivity index (χ1n) is 8.08. The van der Waals surface area contributed by atoms with Crippen LogP contribution in [0.5, 0.6) is 0 Å². The number of hydrogen-bond donors (Lipinski definition) is 2. The molecule has 0 bridgehead atoms. The molecule has 0 radical (unpaired) electrons. The topological polar surface area (TPSA) is 84.7 Å². The van der Waals surface area contributed by atoms with Gasteiger partial charge in [0.1, 0.15) is 12.1 Å². The Balaban J connectivity index is 1.97. The average Bonchev–Trinajstić information content (AvgIpc) is 2.87. The molecule has 7 nitrogen and oxygen atoms in total. The lowest BCUT2D eigenvalue weighted by Gasteiger charge is -2.17. The number of nitrogens with zero attached hydrogens (tertiary/aromatic N) is 4. The third-order valence-electron chi connectivity index (χ3n) is 3.31. The standard InChI is InChI=1S/C16H26N6O/c1-5-6-18-14-12-10-21-22(15(12)20-11-19-14)8-7-17-13(23)9-16(2,3)4/h10-11H,5-9H2,1-4H3,(H,17,23)(H,18,19,20). The number of aromatic nitrogens is 4. The van der Waals surface area contributed by atoms with Crippen LogP contribution in [-0.2, 0) is 11.3 Å². The zero-order valence-corrected chi connectivity index (χ0v) is 14.4. The maximum absolute atomic E-state index is 11.8. The minimum Gasteiger partial charge on any atom is -0.369 e. The number of carbonyl (C=O) groups is 1. The van der Waals surface area contributed by atoms with Crippen molar-refractivity contribution < 1.29 is 4.79 Å². The van der Waals surface area contributed by atoms with E-state index in [0.29, 0.717) is 19.5 Å². The van der Waals surface area contributed by atoms with Gasteiger partial charge >= 0.3 is 0 Å². The van der Waals surface area contributed by atoms with E-state index in [-0.39, 0.29) is 11.3 Å². The lowest BCUT2D eigenvalue weighted by Crippen LogP contribution is -2.30.